The lowest BCUT2D eigenvalue weighted by Crippen LogP contribution is -2.28. The van der Waals surface area contributed by atoms with Gasteiger partial charge in [-0.3, -0.25) is 9.59 Å². The van der Waals surface area contributed by atoms with Crippen LogP contribution in [0.1, 0.15) is 28.9 Å². The topological polar surface area (TPSA) is 81.4 Å². The molecule has 3 aromatic rings. The summed E-state index contributed by atoms with van der Waals surface area (Å²) in [6.45, 7) is 1.65. The Kier molecular flexibility index (Phi) is 5.17. The highest BCUT2D eigenvalue weighted by atomic mass is 16.5. The second kappa shape index (κ2) is 7.70. The van der Waals surface area contributed by atoms with Crippen LogP contribution in [-0.4, -0.2) is 18.4 Å². The Morgan fingerprint density at radius 1 is 1.00 bits per heavy atom. The van der Waals surface area contributed by atoms with Crippen molar-refractivity contribution in [1.82, 2.24) is 5.32 Å². The van der Waals surface area contributed by atoms with E-state index in [9.17, 15) is 9.59 Å². The lowest BCUT2D eigenvalue weighted by atomic mass is 10.0. The first-order valence-electron chi connectivity index (χ1n) is 8.34. The van der Waals surface area contributed by atoms with Gasteiger partial charge in [0.25, 0.3) is 11.8 Å². The van der Waals surface area contributed by atoms with Crippen molar-refractivity contribution in [2.24, 2.45) is 5.73 Å². The van der Waals surface area contributed by atoms with E-state index >= 15 is 0 Å². The molecule has 0 bridgehead atoms. The fourth-order valence-electron chi connectivity index (χ4n) is 2.76. The molecule has 0 heterocycles. The van der Waals surface area contributed by atoms with Gasteiger partial charge in [0.1, 0.15) is 5.75 Å². The summed E-state index contributed by atoms with van der Waals surface area (Å²) in [5.41, 5.74) is 6.47. The molecule has 0 spiro atoms. The minimum atomic E-state index is -0.593. The Balaban J connectivity index is 1.77. The van der Waals surface area contributed by atoms with E-state index in [4.69, 9.17) is 10.5 Å². The second-order valence-corrected chi connectivity index (χ2v) is 6.05. The molecule has 0 aliphatic carbocycles. The van der Waals surface area contributed by atoms with Crippen molar-refractivity contribution in [3.8, 4) is 5.75 Å². The van der Waals surface area contributed by atoms with E-state index in [1.165, 1.54) is 0 Å². The fraction of sp³-hybridized carbons (Fsp3) is 0.143. The number of carbonyl (C=O) groups is 2. The normalized spacial score (nSPS) is 11.7. The lowest BCUT2D eigenvalue weighted by molar-refractivity contribution is -0.119. The average Bonchev–Trinajstić information content (AvgIpc) is 2.66. The number of nitrogens with two attached hydrogens (primary N) is 1. The van der Waals surface area contributed by atoms with Crippen molar-refractivity contribution in [3.05, 3.63) is 77.9 Å². The quantitative estimate of drug-likeness (QED) is 0.718. The molecule has 0 aliphatic rings. The summed E-state index contributed by atoms with van der Waals surface area (Å²) >= 11 is 0. The van der Waals surface area contributed by atoms with Gasteiger partial charge in [0.15, 0.2) is 6.61 Å². The number of hydrogen-bond acceptors (Lipinski definition) is 3. The van der Waals surface area contributed by atoms with E-state index in [0.29, 0.717) is 11.3 Å². The highest BCUT2D eigenvalue weighted by Gasteiger charge is 2.16. The highest BCUT2D eigenvalue weighted by molar-refractivity contribution is 5.97. The van der Waals surface area contributed by atoms with E-state index in [-0.39, 0.29) is 18.6 Å². The van der Waals surface area contributed by atoms with Crippen LogP contribution in [0.25, 0.3) is 10.8 Å². The van der Waals surface area contributed by atoms with Crippen molar-refractivity contribution in [1.29, 1.82) is 0 Å². The predicted octanol–water partition coefficient (Wildman–Crippen LogP) is 3.19. The molecule has 2 amide bonds. The smallest absolute Gasteiger partial charge is 0.255 e. The van der Waals surface area contributed by atoms with Crippen LogP contribution in [0.2, 0.25) is 0 Å². The summed E-state index contributed by atoms with van der Waals surface area (Å²) in [4.78, 5) is 23.6. The minimum Gasteiger partial charge on any atom is -0.483 e. The van der Waals surface area contributed by atoms with Crippen molar-refractivity contribution < 1.29 is 14.3 Å². The predicted molar refractivity (Wildman–Crippen MR) is 101 cm³/mol. The molecule has 0 radical (unpaired) electrons. The number of primary amides is 1. The molecule has 3 rings (SSSR count). The molecule has 3 aromatic carbocycles. The maximum atomic E-state index is 12.7. The fourth-order valence-corrected chi connectivity index (χ4v) is 2.76. The van der Waals surface area contributed by atoms with E-state index in [0.717, 1.165) is 16.3 Å². The van der Waals surface area contributed by atoms with E-state index < -0.39 is 5.91 Å². The maximum absolute atomic E-state index is 12.7. The Bertz CT molecular complexity index is 953. The molecule has 5 heteroatoms. The third-order valence-corrected chi connectivity index (χ3v) is 4.12. The van der Waals surface area contributed by atoms with Gasteiger partial charge in [0.05, 0.1) is 11.6 Å². The maximum Gasteiger partial charge on any atom is 0.255 e. The molecular formula is C21H20N2O3. The van der Waals surface area contributed by atoms with Gasteiger partial charge in [-0.15, -0.1) is 0 Å². The molecule has 26 heavy (non-hydrogen) atoms. The van der Waals surface area contributed by atoms with Crippen LogP contribution in [0, 0.1) is 0 Å². The van der Waals surface area contributed by atoms with Crippen LogP contribution >= 0.6 is 0 Å². The standard InChI is InChI=1S/C21H20N2O3/c1-14(16-11-10-15-6-2-3-7-17(15)12-16)23-21(25)18-8-4-5-9-19(18)26-13-20(22)24/h2-12,14H,13H2,1H3,(H2,22,24)(H,23,25). The zero-order valence-electron chi connectivity index (χ0n) is 14.4. The lowest BCUT2D eigenvalue weighted by Gasteiger charge is -2.16. The Labute approximate surface area is 151 Å². The minimum absolute atomic E-state index is 0.184. The molecule has 0 saturated carbocycles. The highest BCUT2D eigenvalue weighted by Crippen LogP contribution is 2.22. The Morgan fingerprint density at radius 2 is 1.69 bits per heavy atom. The largest absolute Gasteiger partial charge is 0.483 e. The second-order valence-electron chi connectivity index (χ2n) is 6.05. The van der Waals surface area contributed by atoms with Gasteiger partial charge in [0.2, 0.25) is 0 Å². The number of hydrogen-bond donors (Lipinski definition) is 2. The van der Waals surface area contributed by atoms with E-state index in [2.05, 4.69) is 17.4 Å². The van der Waals surface area contributed by atoms with Crippen molar-refractivity contribution in [3.63, 3.8) is 0 Å². The molecule has 5 nitrogen and oxygen atoms in total. The molecule has 1 atom stereocenters. The zero-order chi connectivity index (χ0) is 18.5. The summed E-state index contributed by atoms with van der Waals surface area (Å²) in [5, 5.41) is 5.24. The first kappa shape index (κ1) is 17.5. The zero-order valence-corrected chi connectivity index (χ0v) is 14.4. The van der Waals surface area contributed by atoms with Gasteiger partial charge < -0.3 is 15.8 Å². The number of ether oxygens (including phenoxy) is 1. The summed E-state index contributed by atoms with van der Waals surface area (Å²) < 4.78 is 5.33. The Hall–Kier alpha value is -3.34. The SMILES string of the molecule is CC(NC(=O)c1ccccc1OCC(N)=O)c1ccc2ccccc2c1. The Morgan fingerprint density at radius 3 is 2.46 bits per heavy atom. The van der Waals surface area contributed by atoms with Gasteiger partial charge in [0, 0.05) is 0 Å². The molecule has 1 unspecified atom stereocenters. The van der Waals surface area contributed by atoms with Gasteiger partial charge >= 0.3 is 0 Å². The van der Waals surface area contributed by atoms with Gasteiger partial charge in [-0.2, -0.15) is 0 Å². The third kappa shape index (κ3) is 4.00. The van der Waals surface area contributed by atoms with Crippen LogP contribution < -0.4 is 15.8 Å². The number of amides is 2. The van der Waals surface area contributed by atoms with Crippen molar-refractivity contribution in [2.75, 3.05) is 6.61 Å². The summed E-state index contributed by atoms with van der Waals surface area (Å²) in [7, 11) is 0. The average molecular weight is 348 g/mol. The number of para-hydroxylation sites is 1. The van der Waals surface area contributed by atoms with E-state index in [1.54, 1.807) is 24.3 Å². The van der Waals surface area contributed by atoms with Gasteiger partial charge in [-0.1, -0.05) is 48.5 Å². The summed E-state index contributed by atoms with van der Waals surface area (Å²) in [5.74, 6) is -0.537. The monoisotopic (exact) mass is 348 g/mol. The first-order valence-corrected chi connectivity index (χ1v) is 8.34. The number of benzene rings is 3. The molecular weight excluding hydrogens is 328 g/mol. The molecule has 132 valence electrons. The number of rotatable bonds is 6. The van der Waals surface area contributed by atoms with Crippen LogP contribution in [-0.2, 0) is 4.79 Å². The molecule has 0 aromatic heterocycles. The summed E-state index contributed by atoms with van der Waals surface area (Å²) in [6.07, 6.45) is 0. The molecule has 3 N–H and O–H groups in total. The van der Waals surface area contributed by atoms with Crippen LogP contribution in [0.4, 0.5) is 0 Å². The van der Waals surface area contributed by atoms with Gasteiger partial charge in [-0.05, 0) is 41.5 Å². The van der Waals surface area contributed by atoms with Crippen molar-refractivity contribution in [2.45, 2.75) is 13.0 Å². The first-order chi connectivity index (χ1) is 12.5. The van der Waals surface area contributed by atoms with Crippen LogP contribution in [0.3, 0.4) is 0 Å². The van der Waals surface area contributed by atoms with Crippen LogP contribution in [0.15, 0.2) is 66.7 Å². The van der Waals surface area contributed by atoms with E-state index in [1.807, 2.05) is 37.3 Å². The molecule has 0 saturated heterocycles. The van der Waals surface area contributed by atoms with Gasteiger partial charge in [-0.25, -0.2) is 0 Å². The van der Waals surface area contributed by atoms with Crippen LogP contribution in [0.5, 0.6) is 5.75 Å². The number of nitrogens with one attached hydrogen (secondary N) is 1. The number of fused-ring (bicyclic) bond motifs is 1. The number of carbonyl (C=O) groups excluding carboxylic acids is 2. The third-order valence-electron chi connectivity index (χ3n) is 4.12. The summed E-state index contributed by atoms with van der Waals surface area (Å²) in [6, 6.07) is 20.8. The van der Waals surface area contributed by atoms with Crippen molar-refractivity contribution >= 4 is 22.6 Å². The molecule has 0 fully saturated rings. The molecule has 0 aliphatic heterocycles.